The molecule has 1 unspecified atom stereocenters. The van der Waals surface area contributed by atoms with Gasteiger partial charge < -0.3 is 16.2 Å². The number of primary sulfonamides is 1. The van der Waals surface area contributed by atoms with Crippen LogP contribution in [0, 0.1) is 5.92 Å². The fourth-order valence-electron chi connectivity index (χ4n) is 1.75. The molecular formula is C12H21N3O3S. The smallest absolute Gasteiger partial charge is 0.238 e. The molecule has 7 heteroatoms. The molecule has 1 rings (SSSR count). The lowest BCUT2D eigenvalue weighted by molar-refractivity contribution is 0.267. The molecule has 0 aliphatic carbocycles. The van der Waals surface area contributed by atoms with Gasteiger partial charge in [-0.1, -0.05) is 13.8 Å². The van der Waals surface area contributed by atoms with E-state index in [2.05, 4.69) is 5.32 Å². The highest BCUT2D eigenvalue weighted by molar-refractivity contribution is 7.89. The largest absolute Gasteiger partial charge is 0.397 e. The first-order chi connectivity index (χ1) is 8.75. The molecule has 0 spiro atoms. The van der Waals surface area contributed by atoms with E-state index in [0.29, 0.717) is 17.8 Å². The number of hydrogen-bond acceptors (Lipinski definition) is 5. The first-order valence-electron chi connectivity index (χ1n) is 6.05. The van der Waals surface area contributed by atoms with E-state index in [1.54, 1.807) is 0 Å². The first-order valence-corrected chi connectivity index (χ1v) is 7.60. The summed E-state index contributed by atoms with van der Waals surface area (Å²) in [6, 6.07) is 4.28. The average Bonchev–Trinajstić information content (AvgIpc) is 2.29. The van der Waals surface area contributed by atoms with E-state index >= 15 is 0 Å². The number of nitrogens with one attached hydrogen (secondary N) is 1. The predicted octanol–water partition coefficient (Wildman–Crippen LogP) is 0.735. The Morgan fingerprint density at radius 1 is 1.37 bits per heavy atom. The lowest BCUT2D eigenvalue weighted by atomic mass is 10.0. The van der Waals surface area contributed by atoms with Crippen molar-refractivity contribution in [2.24, 2.45) is 11.1 Å². The Morgan fingerprint density at radius 2 is 2.00 bits per heavy atom. The molecule has 0 heterocycles. The third-order valence-corrected chi connectivity index (χ3v) is 3.85. The van der Waals surface area contributed by atoms with Gasteiger partial charge in [0.25, 0.3) is 0 Å². The summed E-state index contributed by atoms with van der Waals surface area (Å²) >= 11 is 0. The van der Waals surface area contributed by atoms with Crippen molar-refractivity contribution in [2.75, 3.05) is 17.7 Å². The molecule has 0 saturated heterocycles. The molecule has 1 atom stereocenters. The van der Waals surface area contributed by atoms with Gasteiger partial charge in [-0.05, 0) is 30.5 Å². The lowest BCUT2D eigenvalue weighted by Gasteiger charge is -2.24. The van der Waals surface area contributed by atoms with Crippen molar-refractivity contribution in [3.8, 4) is 0 Å². The van der Waals surface area contributed by atoms with E-state index in [9.17, 15) is 8.42 Å². The van der Waals surface area contributed by atoms with Gasteiger partial charge in [0.1, 0.15) is 0 Å². The molecule has 6 N–H and O–H groups in total. The summed E-state index contributed by atoms with van der Waals surface area (Å²) in [5.41, 5.74) is 6.77. The van der Waals surface area contributed by atoms with E-state index < -0.39 is 10.0 Å². The monoisotopic (exact) mass is 287 g/mol. The third kappa shape index (κ3) is 4.38. The van der Waals surface area contributed by atoms with Crippen LogP contribution in [0.5, 0.6) is 0 Å². The van der Waals surface area contributed by atoms with Crippen LogP contribution >= 0.6 is 0 Å². The zero-order valence-electron chi connectivity index (χ0n) is 11.1. The van der Waals surface area contributed by atoms with Crippen molar-refractivity contribution in [2.45, 2.75) is 31.2 Å². The molecule has 19 heavy (non-hydrogen) atoms. The number of nitrogen functional groups attached to an aromatic ring is 1. The number of rotatable bonds is 6. The minimum atomic E-state index is -3.76. The summed E-state index contributed by atoms with van der Waals surface area (Å²) in [4.78, 5) is 0.00991. The Balaban J connectivity index is 3.05. The van der Waals surface area contributed by atoms with E-state index in [1.807, 2.05) is 13.8 Å². The van der Waals surface area contributed by atoms with Gasteiger partial charge in [-0.25, -0.2) is 13.6 Å². The summed E-state index contributed by atoms with van der Waals surface area (Å²) in [7, 11) is -3.76. The van der Waals surface area contributed by atoms with Crippen LogP contribution in [0.4, 0.5) is 11.4 Å². The Hall–Kier alpha value is -1.31. The molecule has 0 aromatic heterocycles. The minimum absolute atomic E-state index is 0.00280. The van der Waals surface area contributed by atoms with Crippen LogP contribution in [0.3, 0.4) is 0 Å². The fourth-order valence-corrected chi connectivity index (χ4v) is 2.29. The van der Waals surface area contributed by atoms with Crippen LogP contribution in [-0.2, 0) is 10.0 Å². The van der Waals surface area contributed by atoms with Gasteiger partial charge in [0, 0.05) is 12.6 Å². The molecule has 0 aliphatic heterocycles. The van der Waals surface area contributed by atoms with Crippen LogP contribution in [0.2, 0.25) is 0 Å². The summed E-state index contributed by atoms with van der Waals surface area (Å²) in [5, 5.41) is 17.3. The third-order valence-electron chi connectivity index (χ3n) is 2.94. The highest BCUT2D eigenvalue weighted by Gasteiger charge is 2.16. The van der Waals surface area contributed by atoms with E-state index in [4.69, 9.17) is 16.0 Å². The SMILES string of the molecule is CC(C)C(CCO)Nc1cc(S(N)(=O)=O)ccc1N. The highest BCUT2D eigenvalue weighted by Crippen LogP contribution is 2.25. The molecule has 0 saturated carbocycles. The Kier molecular flexibility index (Phi) is 5.16. The number of aliphatic hydroxyl groups excluding tert-OH is 1. The second-order valence-corrected chi connectivity index (χ2v) is 6.36. The summed E-state index contributed by atoms with van der Waals surface area (Å²) in [5.74, 6) is 0.268. The maximum atomic E-state index is 11.3. The molecule has 1 aromatic carbocycles. The number of aliphatic hydroxyl groups is 1. The van der Waals surface area contributed by atoms with Gasteiger partial charge >= 0.3 is 0 Å². The number of hydrogen-bond donors (Lipinski definition) is 4. The second-order valence-electron chi connectivity index (χ2n) is 4.80. The van der Waals surface area contributed by atoms with Crippen LogP contribution in [0.25, 0.3) is 0 Å². The van der Waals surface area contributed by atoms with Crippen LogP contribution in [-0.4, -0.2) is 26.2 Å². The predicted molar refractivity (Wildman–Crippen MR) is 76.2 cm³/mol. The quantitative estimate of drug-likeness (QED) is 0.575. The molecule has 6 nitrogen and oxygen atoms in total. The Morgan fingerprint density at radius 3 is 2.47 bits per heavy atom. The van der Waals surface area contributed by atoms with Crippen molar-refractivity contribution < 1.29 is 13.5 Å². The van der Waals surface area contributed by atoms with E-state index in [1.165, 1.54) is 18.2 Å². The van der Waals surface area contributed by atoms with Crippen molar-refractivity contribution >= 4 is 21.4 Å². The summed E-state index contributed by atoms with van der Waals surface area (Å²) in [6.07, 6.45) is 0.552. The molecular weight excluding hydrogens is 266 g/mol. The van der Waals surface area contributed by atoms with Crippen LogP contribution < -0.4 is 16.2 Å². The number of sulfonamides is 1. The van der Waals surface area contributed by atoms with Crippen molar-refractivity contribution in [3.63, 3.8) is 0 Å². The normalized spacial score (nSPS) is 13.5. The lowest BCUT2D eigenvalue weighted by Crippen LogP contribution is -2.27. The van der Waals surface area contributed by atoms with Crippen molar-refractivity contribution in [1.29, 1.82) is 0 Å². The molecule has 0 aliphatic rings. The Bertz CT molecular complexity index is 529. The topological polar surface area (TPSA) is 118 Å². The summed E-state index contributed by atoms with van der Waals surface area (Å²) in [6.45, 7) is 4.06. The minimum Gasteiger partial charge on any atom is -0.397 e. The van der Waals surface area contributed by atoms with E-state index in [0.717, 1.165) is 0 Å². The van der Waals surface area contributed by atoms with Gasteiger partial charge in [-0.15, -0.1) is 0 Å². The van der Waals surface area contributed by atoms with Gasteiger partial charge in [0.05, 0.1) is 16.3 Å². The van der Waals surface area contributed by atoms with Crippen molar-refractivity contribution in [1.82, 2.24) is 0 Å². The maximum absolute atomic E-state index is 11.3. The van der Waals surface area contributed by atoms with Crippen LogP contribution in [0.15, 0.2) is 23.1 Å². The van der Waals surface area contributed by atoms with Gasteiger partial charge in [0.15, 0.2) is 0 Å². The van der Waals surface area contributed by atoms with Gasteiger partial charge in [0.2, 0.25) is 10.0 Å². The fraction of sp³-hybridized carbons (Fsp3) is 0.500. The number of benzene rings is 1. The highest BCUT2D eigenvalue weighted by atomic mass is 32.2. The molecule has 108 valence electrons. The standard InChI is InChI=1S/C12H21N3O3S/c1-8(2)11(5-6-16)15-12-7-9(19(14,17)18)3-4-10(12)13/h3-4,7-8,11,15-16H,5-6,13H2,1-2H3,(H2,14,17,18). The zero-order valence-corrected chi connectivity index (χ0v) is 11.9. The van der Waals surface area contributed by atoms with Crippen molar-refractivity contribution in [3.05, 3.63) is 18.2 Å². The van der Waals surface area contributed by atoms with Crippen LogP contribution in [0.1, 0.15) is 20.3 Å². The second kappa shape index (κ2) is 6.23. The molecule has 0 fully saturated rings. The molecule has 0 radical (unpaired) electrons. The van der Waals surface area contributed by atoms with Gasteiger partial charge in [-0.2, -0.15) is 0 Å². The maximum Gasteiger partial charge on any atom is 0.238 e. The number of anilines is 2. The average molecular weight is 287 g/mol. The summed E-state index contributed by atoms with van der Waals surface area (Å²) < 4.78 is 22.6. The molecule has 1 aromatic rings. The Labute approximate surface area is 113 Å². The van der Waals surface area contributed by atoms with Gasteiger partial charge in [-0.3, -0.25) is 0 Å². The first kappa shape index (κ1) is 15.7. The molecule has 0 amide bonds. The zero-order chi connectivity index (χ0) is 14.6. The molecule has 0 bridgehead atoms. The number of nitrogens with two attached hydrogens (primary N) is 2. The van der Waals surface area contributed by atoms with E-state index in [-0.39, 0.29) is 23.5 Å².